The lowest BCUT2D eigenvalue weighted by Gasteiger charge is -2.05. The van der Waals surface area contributed by atoms with Crippen molar-refractivity contribution in [2.24, 2.45) is 0 Å². The fourth-order valence-electron chi connectivity index (χ4n) is 1.50. The topological polar surface area (TPSA) is 28.7 Å². The van der Waals surface area contributed by atoms with Crippen LogP contribution in [0, 0.1) is 10.5 Å². The Morgan fingerprint density at radius 1 is 1.38 bits per heavy atom. The average Bonchev–Trinajstić information content (AvgIpc) is 2.28. The summed E-state index contributed by atoms with van der Waals surface area (Å²) in [4.78, 5) is 7.22. The van der Waals surface area contributed by atoms with Gasteiger partial charge in [-0.05, 0) is 18.2 Å². The van der Waals surface area contributed by atoms with Crippen molar-refractivity contribution in [1.29, 1.82) is 0 Å². The first kappa shape index (κ1) is 11.0. The molecule has 4 heteroatoms. The van der Waals surface area contributed by atoms with Crippen molar-refractivity contribution in [2.45, 2.75) is 13.3 Å². The third kappa shape index (κ3) is 2.17. The molecule has 0 saturated carbocycles. The van der Waals surface area contributed by atoms with E-state index in [1.807, 2.05) is 6.92 Å². The molecule has 0 amide bonds. The number of H-pyrrole nitrogens is 1. The molecule has 0 unspecified atom stereocenters. The Bertz CT molecular complexity index is 563. The van der Waals surface area contributed by atoms with Crippen LogP contribution in [0.5, 0.6) is 0 Å². The number of rotatable bonds is 2. The van der Waals surface area contributed by atoms with Gasteiger partial charge in [0.25, 0.3) is 0 Å². The van der Waals surface area contributed by atoms with Gasteiger partial charge in [-0.2, -0.15) is 0 Å². The summed E-state index contributed by atoms with van der Waals surface area (Å²) in [5.41, 5.74) is 1.20. The molecule has 82 valence electrons. The molecule has 2 nitrogen and oxygen atoms in total. The summed E-state index contributed by atoms with van der Waals surface area (Å²) in [7, 11) is 0. The smallest absolute Gasteiger partial charge is 0.132 e. The molecule has 1 aromatic heterocycles. The van der Waals surface area contributed by atoms with Gasteiger partial charge in [0.05, 0.1) is 5.69 Å². The third-order valence-electron chi connectivity index (χ3n) is 2.29. The second-order valence-corrected chi connectivity index (χ2v) is 3.83. The summed E-state index contributed by atoms with van der Waals surface area (Å²) >= 11 is 5.04. The van der Waals surface area contributed by atoms with Gasteiger partial charge in [0.1, 0.15) is 16.3 Å². The number of halogens is 1. The van der Waals surface area contributed by atoms with Crippen molar-refractivity contribution >= 4 is 12.2 Å². The Hall–Kier alpha value is -1.55. The summed E-state index contributed by atoms with van der Waals surface area (Å²) in [5, 5.41) is 0. The van der Waals surface area contributed by atoms with Crippen molar-refractivity contribution < 1.29 is 4.39 Å². The highest BCUT2D eigenvalue weighted by atomic mass is 32.1. The maximum atomic E-state index is 13.6. The summed E-state index contributed by atoms with van der Waals surface area (Å²) < 4.78 is 14.0. The second-order valence-electron chi connectivity index (χ2n) is 3.41. The largest absolute Gasteiger partial charge is 0.343 e. The standard InChI is InChI=1S/C12H11FN2S/c1-2-11-14-10(7-12(16)15-11)8-5-3-4-6-9(8)13/h3-7H,2H2,1H3,(H,14,15,16). The minimum absolute atomic E-state index is 0.263. The fraction of sp³-hybridized carbons (Fsp3) is 0.167. The monoisotopic (exact) mass is 234 g/mol. The Balaban J connectivity index is 2.60. The van der Waals surface area contributed by atoms with E-state index >= 15 is 0 Å². The molecule has 0 saturated heterocycles. The van der Waals surface area contributed by atoms with Crippen LogP contribution in [0.15, 0.2) is 30.3 Å². The van der Waals surface area contributed by atoms with Crippen LogP contribution < -0.4 is 0 Å². The first-order chi connectivity index (χ1) is 7.70. The van der Waals surface area contributed by atoms with Gasteiger partial charge in [-0.3, -0.25) is 0 Å². The quantitative estimate of drug-likeness (QED) is 0.805. The van der Waals surface area contributed by atoms with E-state index in [4.69, 9.17) is 12.2 Å². The third-order valence-corrected chi connectivity index (χ3v) is 2.50. The molecular formula is C12H11FN2S. The van der Waals surface area contributed by atoms with Crippen LogP contribution in [0.2, 0.25) is 0 Å². The molecule has 0 bridgehead atoms. The highest BCUT2D eigenvalue weighted by Crippen LogP contribution is 2.20. The van der Waals surface area contributed by atoms with Gasteiger partial charge in [-0.15, -0.1) is 0 Å². The second kappa shape index (κ2) is 4.53. The van der Waals surface area contributed by atoms with Crippen molar-refractivity contribution in [3.8, 4) is 11.3 Å². The molecular weight excluding hydrogens is 223 g/mol. The van der Waals surface area contributed by atoms with Crippen molar-refractivity contribution in [3.63, 3.8) is 0 Å². The first-order valence-electron chi connectivity index (χ1n) is 5.06. The van der Waals surface area contributed by atoms with E-state index in [1.54, 1.807) is 24.3 Å². The number of aromatic amines is 1. The molecule has 0 fully saturated rings. The van der Waals surface area contributed by atoms with E-state index in [9.17, 15) is 4.39 Å². The number of hydrogen-bond donors (Lipinski definition) is 1. The van der Waals surface area contributed by atoms with Crippen LogP contribution in [0.25, 0.3) is 11.3 Å². The minimum atomic E-state index is -0.263. The molecule has 0 atom stereocenters. The summed E-state index contributed by atoms with van der Waals surface area (Å²) in [5.74, 6) is 0.507. The first-order valence-corrected chi connectivity index (χ1v) is 5.46. The minimum Gasteiger partial charge on any atom is -0.343 e. The average molecular weight is 234 g/mol. The number of benzene rings is 1. The maximum absolute atomic E-state index is 13.6. The van der Waals surface area contributed by atoms with Crippen LogP contribution >= 0.6 is 12.2 Å². The zero-order valence-corrected chi connectivity index (χ0v) is 9.64. The van der Waals surface area contributed by atoms with Gasteiger partial charge in [0.2, 0.25) is 0 Å². The van der Waals surface area contributed by atoms with Gasteiger partial charge >= 0.3 is 0 Å². The number of aromatic nitrogens is 2. The summed E-state index contributed by atoms with van der Waals surface area (Å²) in [6, 6.07) is 8.28. The van der Waals surface area contributed by atoms with Gasteiger partial charge < -0.3 is 4.98 Å². The highest BCUT2D eigenvalue weighted by molar-refractivity contribution is 7.71. The van der Waals surface area contributed by atoms with E-state index in [0.717, 1.165) is 12.2 Å². The Morgan fingerprint density at radius 2 is 2.12 bits per heavy atom. The molecule has 0 aliphatic heterocycles. The lowest BCUT2D eigenvalue weighted by Crippen LogP contribution is -1.96. The fourth-order valence-corrected chi connectivity index (χ4v) is 1.73. The van der Waals surface area contributed by atoms with Crippen molar-refractivity contribution in [1.82, 2.24) is 9.97 Å². The molecule has 16 heavy (non-hydrogen) atoms. The normalized spacial score (nSPS) is 10.4. The van der Waals surface area contributed by atoms with Gasteiger partial charge in [-0.25, -0.2) is 9.37 Å². The number of nitrogens with zero attached hydrogens (tertiary/aromatic N) is 1. The number of nitrogens with one attached hydrogen (secondary N) is 1. The van der Waals surface area contributed by atoms with E-state index in [-0.39, 0.29) is 5.82 Å². The highest BCUT2D eigenvalue weighted by Gasteiger charge is 2.05. The molecule has 0 spiro atoms. The molecule has 0 aliphatic rings. The number of aryl methyl sites for hydroxylation is 1. The maximum Gasteiger partial charge on any atom is 0.132 e. The van der Waals surface area contributed by atoms with Gasteiger partial charge in [0.15, 0.2) is 0 Å². The molecule has 1 heterocycles. The molecule has 1 N–H and O–H groups in total. The Kier molecular flexibility index (Phi) is 3.10. The summed E-state index contributed by atoms with van der Waals surface area (Å²) in [6.07, 6.45) is 0.742. The van der Waals surface area contributed by atoms with Gasteiger partial charge in [-0.1, -0.05) is 31.3 Å². The molecule has 2 aromatic rings. The molecule has 1 aromatic carbocycles. The Labute approximate surface area is 98.2 Å². The SMILES string of the molecule is CCc1nc(=S)cc(-c2ccccc2F)[nH]1. The molecule has 0 radical (unpaired) electrons. The van der Waals surface area contributed by atoms with Crippen LogP contribution in [-0.2, 0) is 6.42 Å². The van der Waals surface area contributed by atoms with E-state index in [2.05, 4.69) is 9.97 Å². The zero-order chi connectivity index (χ0) is 11.5. The van der Waals surface area contributed by atoms with E-state index in [0.29, 0.717) is 15.9 Å². The van der Waals surface area contributed by atoms with Crippen LogP contribution in [0.3, 0.4) is 0 Å². The molecule has 0 aliphatic carbocycles. The van der Waals surface area contributed by atoms with Crippen molar-refractivity contribution in [3.05, 3.63) is 46.6 Å². The predicted octanol–water partition coefficient (Wildman–Crippen LogP) is 3.51. The lowest BCUT2D eigenvalue weighted by molar-refractivity contribution is 0.630. The van der Waals surface area contributed by atoms with Crippen molar-refractivity contribution in [2.75, 3.05) is 0 Å². The van der Waals surface area contributed by atoms with Crippen LogP contribution in [0.4, 0.5) is 4.39 Å². The molecule has 2 rings (SSSR count). The van der Waals surface area contributed by atoms with Crippen LogP contribution in [0.1, 0.15) is 12.7 Å². The van der Waals surface area contributed by atoms with Crippen LogP contribution in [-0.4, -0.2) is 9.97 Å². The summed E-state index contributed by atoms with van der Waals surface area (Å²) in [6.45, 7) is 1.97. The Morgan fingerprint density at radius 3 is 2.81 bits per heavy atom. The zero-order valence-electron chi connectivity index (χ0n) is 8.83. The predicted molar refractivity (Wildman–Crippen MR) is 64.2 cm³/mol. The number of hydrogen-bond acceptors (Lipinski definition) is 2. The lowest BCUT2D eigenvalue weighted by atomic mass is 10.1. The van der Waals surface area contributed by atoms with Gasteiger partial charge in [0, 0.05) is 12.0 Å². The van der Waals surface area contributed by atoms with E-state index < -0.39 is 0 Å². The van der Waals surface area contributed by atoms with E-state index in [1.165, 1.54) is 6.07 Å².